The van der Waals surface area contributed by atoms with Gasteiger partial charge in [0.25, 0.3) is 10.1 Å². The lowest BCUT2D eigenvalue weighted by Gasteiger charge is -2.09. The van der Waals surface area contributed by atoms with Crippen LogP contribution in [-0.2, 0) is 16.5 Å². The molecule has 2 aromatic carbocycles. The van der Waals surface area contributed by atoms with Gasteiger partial charge in [0, 0.05) is 18.2 Å². The van der Waals surface area contributed by atoms with Crippen LogP contribution < -0.4 is 4.74 Å². The molecule has 0 aliphatic carbocycles. The van der Waals surface area contributed by atoms with Crippen molar-refractivity contribution in [2.45, 2.75) is 76.0 Å². The molecule has 0 spiro atoms. The molecule has 0 fully saturated rings. The Balaban J connectivity index is 1.82. The van der Waals surface area contributed by atoms with Crippen molar-refractivity contribution < 1.29 is 22.8 Å². The van der Waals surface area contributed by atoms with E-state index < -0.39 is 15.0 Å². The number of hydrogen-bond donors (Lipinski definition) is 2. The molecule has 0 heterocycles. The quantitative estimate of drug-likeness (QED) is 0.285. The average Bonchev–Trinajstić information content (AvgIpc) is 2.66. The van der Waals surface area contributed by atoms with Gasteiger partial charge in [-0.05, 0) is 30.5 Å². The second-order valence-corrected chi connectivity index (χ2v) is 8.89. The maximum absolute atomic E-state index is 11.3. The lowest BCUT2D eigenvalue weighted by Crippen LogP contribution is -1.98. The van der Waals surface area contributed by atoms with Crippen LogP contribution in [0.25, 0.3) is 0 Å². The van der Waals surface area contributed by atoms with E-state index in [0.717, 1.165) is 24.5 Å². The zero-order chi connectivity index (χ0) is 21.1. The predicted molar refractivity (Wildman–Crippen MR) is 115 cm³/mol. The monoisotopic (exact) mass is 420 g/mol. The molecule has 0 amide bonds. The summed E-state index contributed by atoms with van der Waals surface area (Å²) in [4.78, 5) is -0.404. The molecule has 0 atom stereocenters. The first kappa shape index (κ1) is 23.2. The molecule has 0 saturated heterocycles. The number of rotatable bonds is 13. The van der Waals surface area contributed by atoms with Gasteiger partial charge in [-0.1, -0.05) is 70.4 Å². The Morgan fingerprint density at radius 1 is 0.828 bits per heavy atom. The molecular formula is C23H32O5S. The van der Waals surface area contributed by atoms with E-state index in [2.05, 4.69) is 6.92 Å². The minimum atomic E-state index is -4.41. The SMILES string of the molecule is CCCCCCCCCCCc1cccc(Oc2cc(O)cc(S(=O)(=O)O)c2)c1. The van der Waals surface area contributed by atoms with Gasteiger partial charge in [0.2, 0.25) is 0 Å². The molecule has 6 heteroatoms. The topological polar surface area (TPSA) is 83.8 Å². The van der Waals surface area contributed by atoms with Gasteiger partial charge in [0.15, 0.2) is 0 Å². The number of aromatic hydroxyl groups is 1. The van der Waals surface area contributed by atoms with Crippen molar-refractivity contribution >= 4 is 10.1 Å². The van der Waals surface area contributed by atoms with Gasteiger partial charge < -0.3 is 9.84 Å². The Morgan fingerprint density at radius 3 is 2.14 bits per heavy atom. The summed E-state index contributed by atoms with van der Waals surface area (Å²) < 4.78 is 37.4. The van der Waals surface area contributed by atoms with E-state index in [1.807, 2.05) is 18.2 Å². The van der Waals surface area contributed by atoms with E-state index in [9.17, 15) is 13.5 Å². The van der Waals surface area contributed by atoms with Gasteiger partial charge in [0.1, 0.15) is 22.1 Å². The molecule has 5 nitrogen and oxygen atoms in total. The summed E-state index contributed by atoms with van der Waals surface area (Å²) in [7, 11) is -4.41. The van der Waals surface area contributed by atoms with Crippen LogP contribution in [0.3, 0.4) is 0 Å². The van der Waals surface area contributed by atoms with Crippen LogP contribution in [0.15, 0.2) is 47.4 Å². The number of ether oxygens (including phenoxy) is 1. The Hall–Kier alpha value is -2.05. The largest absolute Gasteiger partial charge is 0.508 e. The minimum Gasteiger partial charge on any atom is -0.508 e. The molecule has 0 radical (unpaired) electrons. The third kappa shape index (κ3) is 8.88. The summed E-state index contributed by atoms with van der Waals surface area (Å²) in [5, 5.41) is 9.68. The summed E-state index contributed by atoms with van der Waals surface area (Å²) in [5.41, 5.74) is 1.15. The Kier molecular flexibility index (Phi) is 9.48. The lowest BCUT2D eigenvalue weighted by molar-refractivity contribution is 0.446. The normalized spacial score (nSPS) is 11.5. The molecule has 0 aliphatic heterocycles. The number of hydrogen-bond acceptors (Lipinski definition) is 4. The molecular weight excluding hydrogens is 388 g/mol. The Bertz CT molecular complexity index is 861. The molecule has 2 aromatic rings. The van der Waals surface area contributed by atoms with Crippen LogP contribution in [0.2, 0.25) is 0 Å². The zero-order valence-electron chi connectivity index (χ0n) is 17.1. The fourth-order valence-electron chi connectivity index (χ4n) is 3.30. The van der Waals surface area contributed by atoms with E-state index in [4.69, 9.17) is 9.29 Å². The predicted octanol–water partition coefficient (Wildman–Crippen LogP) is 6.50. The summed E-state index contributed by atoms with van der Waals surface area (Å²) >= 11 is 0. The number of phenols is 1. The summed E-state index contributed by atoms with van der Waals surface area (Å²) in [5.74, 6) is 0.420. The molecule has 0 saturated carbocycles. The molecule has 0 aromatic heterocycles. The van der Waals surface area contributed by atoms with Crippen molar-refractivity contribution in [3.63, 3.8) is 0 Å². The molecule has 2 rings (SSSR count). The van der Waals surface area contributed by atoms with Gasteiger partial charge in [-0.3, -0.25) is 4.55 Å². The first-order valence-electron chi connectivity index (χ1n) is 10.5. The molecule has 0 unspecified atom stereocenters. The fourth-order valence-corrected chi connectivity index (χ4v) is 3.84. The van der Waals surface area contributed by atoms with Crippen LogP contribution in [-0.4, -0.2) is 18.1 Å². The van der Waals surface area contributed by atoms with E-state index in [1.54, 1.807) is 6.07 Å². The van der Waals surface area contributed by atoms with Gasteiger partial charge in [-0.15, -0.1) is 0 Å². The summed E-state index contributed by atoms with van der Waals surface area (Å²) in [6.45, 7) is 2.24. The van der Waals surface area contributed by atoms with Crippen molar-refractivity contribution in [3.05, 3.63) is 48.0 Å². The second-order valence-electron chi connectivity index (χ2n) is 7.47. The Labute approximate surface area is 174 Å². The Morgan fingerprint density at radius 2 is 1.48 bits per heavy atom. The van der Waals surface area contributed by atoms with Crippen LogP contribution in [0.4, 0.5) is 0 Å². The number of aryl methyl sites for hydroxylation is 1. The maximum Gasteiger partial charge on any atom is 0.294 e. The fraction of sp³-hybridized carbons (Fsp3) is 0.478. The van der Waals surface area contributed by atoms with Crippen molar-refractivity contribution in [2.24, 2.45) is 0 Å². The van der Waals surface area contributed by atoms with Crippen molar-refractivity contribution in [1.29, 1.82) is 0 Å². The number of unbranched alkanes of at least 4 members (excludes halogenated alkanes) is 8. The highest BCUT2D eigenvalue weighted by Crippen LogP contribution is 2.29. The lowest BCUT2D eigenvalue weighted by atomic mass is 10.0. The van der Waals surface area contributed by atoms with Crippen molar-refractivity contribution in [1.82, 2.24) is 0 Å². The van der Waals surface area contributed by atoms with Gasteiger partial charge in [-0.25, -0.2) is 0 Å². The van der Waals surface area contributed by atoms with E-state index in [0.29, 0.717) is 5.75 Å². The van der Waals surface area contributed by atoms with Crippen LogP contribution in [0.1, 0.15) is 70.3 Å². The summed E-state index contributed by atoms with van der Waals surface area (Å²) in [6.07, 6.45) is 12.5. The third-order valence-electron chi connectivity index (χ3n) is 4.87. The van der Waals surface area contributed by atoms with Crippen LogP contribution in [0.5, 0.6) is 17.2 Å². The van der Waals surface area contributed by atoms with Crippen molar-refractivity contribution in [3.8, 4) is 17.2 Å². The van der Waals surface area contributed by atoms with E-state index in [1.165, 1.54) is 63.5 Å². The molecule has 0 bridgehead atoms. The highest BCUT2D eigenvalue weighted by molar-refractivity contribution is 7.85. The third-order valence-corrected chi connectivity index (χ3v) is 5.70. The molecule has 0 aliphatic rings. The molecule has 2 N–H and O–H groups in total. The van der Waals surface area contributed by atoms with Gasteiger partial charge >= 0.3 is 0 Å². The molecule has 160 valence electrons. The average molecular weight is 421 g/mol. The second kappa shape index (κ2) is 11.8. The standard InChI is InChI=1S/C23H32O5S/c1-2-3-4-5-6-7-8-9-10-12-19-13-11-14-21(15-19)28-22-16-20(24)17-23(18-22)29(25,26)27/h11,13-18,24H,2-10,12H2,1H3,(H,25,26,27). The van der Waals surface area contributed by atoms with Crippen LogP contribution >= 0.6 is 0 Å². The number of phenolic OH excluding ortho intramolecular Hbond substituents is 1. The van der Waals surface area contributed by atoms with Crippen LogP contribution in [0, 0.1) is 0 Å². The van der Waals surface area contributed by atoms with Gasteiger partial charge in [0.05, 0.1) is 0 Å². The minimum absolute atomic E-state index is 0.151. The van der Waals surface area contributed by atoms with Gasteiger partial charge in [-0.2, -0.15) is 8.42 Å². The maximum atomic E-state index is 11.3. The highest BCUT2D eigenvalue weighted by atomic mass is 32.2. The van der Waals surface area contributed by atoms with Crippen molar-refractivity contribution in [2.75, 3.05) is 0 Å². The summed E-state index contributed by atoms with van der Waals surface area (Å²) in [6, 6.07) is 11.1. The molecule has 29 heavy (non-hydrogen) atoms. The van der Waals surface area contributed by atoms with E-state index in [-0.39, 0.29) is 11.5 Å². The number of benzene rings is 2. The van der Waals surface area contributed by atoms with E-state index >= 15 is 0 Å². The zero-order valence-corrected chi connectivity index (χ0v) is 18.0. The smallest absolute Gasteiger partial charge is 0.294 e. The highest BCUT2D eigenvalue weighted by Gasteiger charge is 2.13. The first-order valence-corrected chi connectivity index (χ1v) is 11.9. The first-order chi connectivity index (χ1) is 13.9.